The Labute approximate surface area is 521 Å². The van der Waals surface area contributed by atoms with Crippen LogP contribution in [0.5, 0.6) is 0 Å². The van der Waals surface area contributed by atoms with Crippen molar-refractivity contribution in [2.75, 3.05) is 26.2 Å². The third-order valence-electron chi connectivity index (χ3n) is 17.2. The molecule has 11 amide bonds. The van der Waals surface area contributed by atoms with Gasteiger partial charge in [-0.25, -0.2) is 4.79 Å². The van der Waals surface area contributed by atoms with Crippen LogP contribution >= 0.6 is 0 Å². The van der Waals surface area contributed by atoms with E-state index >= 15 is 4.79 Å². The summed E-state index contributed by atoms with van der Waals surface area (Å²) in [7, 11) is 0. The monoisotopic (exact) mass is 1240 g/mol. The van der Waals surface area contributed by atoms with Gasteiger partial charge in [0.1, 0.15) is 53.4 Å². The van der Waals surface area contributed by atoms with Crippen LogP contribution in [0, 0.1) is 23.7 Å². The Balaban J connectivity index is 1.18. The number of nitrogens with one attached hydrogen (secondary N) is 11. The number of benzene rings is 2. The zero-order valence-corrected chi connectivity index (χ0v) is 52.6. The van der Waals surface area contributed by atoms with Crippen LogP contribution in [-0.2, 0) is 57.5 Å². The summed E-state index contributed by atoms with van der Waals surface area (Å²) < 4.78 is 0. The zero-order chi connectivity index (χ0) is 65.2. The predicted octanol–water partition coefficient (Wildman–Crippen LogP) is 1.26. The maximum Gasteiger partial charge on any atom is 0.330 e. The number of likely N-dealkylation sites (tertiary alicyclic amines) is 1. The van der Waals surface area contributed by atoms with E-state index in [1.165, 1.54) is 4.90 Å². The van der Waals surface area contributed by atoms with Gasteiger partial charge in [0.15, 0.2) is 0 Å². The molecule has 12 N–H and O–H groups in total. The van der Waals surface area contributed by atoms with Crippen molar-refractivity contribution in [3.8, 4) is 0 Å². The average molecular weight is 1240 g/mol. The van der Waals surface area contributed by atoms with E-state index < -0.39 is 136 Å². The van der Waals surface area contributed by atoms with Gasteiger partial charge in [0.25, 0.3) is 0 Å². The average Bonchev–Trinajstić information content (AvgIpc) is 1.57. The van der Waals surface area contributed by atoms with Gasteiger partial charge in [0, 0.05) is 31.5 Å². The summed E-state index contributed by atoms with van der Waals surface area (Å²) in [5, 5.41) is 41.1. The molecule has 2 saturated carbocycles. The highest BCUT2D eigenvalue weighted by Crippen LogP contribution is 2.54. The number of carbonyl (C=O) groups excluding carboxylic acids is 11. The summed E-state index contributed by atoms with van der Waals surface area (Å²) in [6, 6.07) is 9.24. The van der Waals surface area contributed by atoms with E-state index in [2.05, 4.69) is 58.5 Å². The predicted molar refractivity (Wildman–Crippen MR) is 330 cm³/mol. The summed E-state index contributed by atoms with van der Waals surface area (Å²) in [6.07, 6.45) is 4.20. The SMILES string of the molecule is CC(C)C[C@H](NC(=O)[C@H]1CCCN1C(=O)[C@]1(NC(=O)[C@@H](NC(=O)[C@H](CCCNC=O)NC(=O)[C@H](CC(C)C)NC(=O)[C@H]2CCCN2)C(C)C)C[C@H]1c1ccccc1)C(=O)N[C@@H](CCCNC=O)C(=O)N[C@H](C(=O)N[C@@]1(C(=O)O)C[C@H]1c1ccccc1)C(C)C. The first-order valence-corrected chi connectivity index (χ1v) is 31.6. The second kappa shape index (κ2) is 32.5. The highest BCUT2D eigenvalue weighted by molar-refractivity contribution is 6.02. The fourth-order valence-electron chi connectivity index (χ4n) is 12.1. The van der Waals surface area contributed by atoms with Crippen LogP contribution < -0.4 is 58.5 Å². The Bertz CT molecular complexity index is 2820. The Morgan fingerprint density at radius 2 is 0.989 bits per heavy atom. The Morgan fingerprint density at radius 3 is 1.42 bits per heavy atom. The molecule has 0 aromatic heterocycles. The second-order valence-corrected chi connectivity index (χ2v) is 25.8. The van der Waals surface area contributed by atoms with Gasteiger partial charge >= 0.3 is 5.97 Å². The molecule has 0 unspecified atom stereocenters. The number of nitrogens with zero attached hydrogens (tertiary/aromatic N) is 1. The summed E-state index contributed by atoms with van der Waals surface area (Å²) in [5.41, 5.74) is -1.71. The number of aliphatic carboxylic acids is 1. The maximum absolute atomic E-state index is 15.3. The van der Waals surface area contributed by atoms with E-state index in [0.29, 0.717) is 32.2 Å². The van der Waals surface area contributed by atoms with Crippen LogP contribution in [0.15, 0.2) is 60.7 Å². The first kappa shape index (κ1) is 70.1. The van der Waals surface area contributed by atoms with Crippen molar-refractivity contribution in [1.82, 2.24) is 63.4 Å². The lowest BCUT2D eigenvalue weighted by atomic mass is 9.99. The molecule has 2 aliphatic heterocycles. The van der Waals surface area contributed by atoms with Crippen molar-refractivity contribution in [2.24, 2.45) is 23.7 Å². The van der Waals surface area contributed by atoms with Crippen LogP contribution in [-0.4, -0.2) is 168 Å². The van der Waals surface area contributed by atoms with Crippen molar-refractivity contribution >= 4 is 72.0 Å². The Kier molecular flexibility index (Phi) is 25.6. The van der Waals surface area contributed by atoms with Crippen LogP contribution in [0.25, 0.3) is 0 Å². The molecular formula is C64H94N12O13. The molecule has 0 radical (unpaired) electrons. The first-order valence-electron chi connectivity index (χ1n) is 31.6. The zero-order valence-electron chi connectivity index (χ0n) is 52.6. The van der Waals surface area contributed by atoms with Gasteiger partial charge in [-0.1, -0.05) is 116 Å². The number of carbonyl (C=O) groups is 12. The van der Waals surface area contributed by atoms with Gasteiger partial charge in [-0.05, 0) is 118 Å². The van der Waals surface area contributed by atoms with Crippen LogP contribution in [0.3, 0.4) is 0 Å². The molecule has 89 heavy (non-hydrogen) atoms. The van der Waals surface area contributed by atoms with Crippen molar-refractivity contribution < 1.29 is 62.6 Å². The van der Waals surface area contributed by atoms with Gasteiger partial charge < -0.3 is 68.5 Å². The van der Waals surface area contributed by atoms with E-state index in [1.807, 2.05) is 45.9 Å². The van der Waals surface area contributed by atoms with E-state index in [1.54, 1.807) is 70.2 Å². The van der Waals surface area contributed by atoms with Crippen LogP contribution in [0.4, 0.5) is 0 Å². The van der Waals surface area contributed by atoms with Crippen molar-refractivity contribution in [2.45, 2.75) is 204 Å². The second-order valence-electron chi connectivity index (χ2n) is 25.8. The summed E-state index contributed by atoms with van der Waals surface area (Å²) >= 11 is 0. The number of carboxylic acid groups (broad SMARTS) is 1. The van der Waals surface area contributed by atoms with Gasteiger partial charge in [0.2, 0.25) is 66.0 Å². The molecule has 2 aliphatic carbocycles. The van der Waals surface area contributed by atoms with Gasteiger partial charge in [0.05, 0.1) is 6.04 Å². The largest absolute Gasteiger partial charge is 0.479 e. The van der Waals surface area contributed by atoms with Gasteiger partial charge in [-0.3, -0.25) is 52.7 Å². The minimum Gasteiger partial charge on any atom is -0.479 e. The Hall–Kier alpha value is -7.96. The number of rotatable bonds is 36. The third kappa shape index (κ3) is 18.8. The number of carboxylic acids is 1. The topological polar surface area (TPSA) is 361 Å². The summed E-state index contributed by atoms with van der Waals surface area (Å²) in [5.74, 6) is -9.33. The van der Waals surface area contributed by atoms with Crippen LogP contribution in [0.2, 0.25) is 0 Å². The molecular weight excluding hydrogens is 1140 g/mol. The van der Waals surface area contributed by atoms with Crippen molar-refractivity contribution in [3.63, 3.8) is 0 Å². The molecule has 0 spiro atoms. The third-order valence-corrected chi connectivity index (χ3v) is 17.2. The maximum atomic E-state index is 15.3. The molecule has 6 rings (SSSR count). The molecule has 0 bridgehead atoms. The van der Waals surface area contributed by atoms with E-state index in [0.717, 1.165) is 17.5 Å². The van der Waals surface area contributed by atoms with Crippen molar-refractivity contribution in [3.05, 3.63) is 71.8 Å². The molecule has 12 atom stereocenters. The molecule has 2 heterocycles. The fourth-order valence-corrected chi connectivity index (χ4v) is 12.1. The summed E-state index contributed by atoms with van der Waals surface area (Å²) in [6.45, 7) is 15.4. The minimum atomic E-state index is -1.60. The van der Waals surface area contributed by atoms with Crippen molar-refractivity contribution in [1.29, 1.82) is 0 Å². The smallest absolute Gasteiger partial charge is 0.330 e. The van der Waals surface area contributed by atoms with Gasteiger partial charge in [-0.2, -0.15) is 0 Å². The fraction of sp³-hybridized carbons (Fsp3) is 0.625. The standard InChI is InChI=1S/C64H94N12O13/c1-37(2)31-48(70-53(79)45-23-17-29-67-45)56(82)68-46(24-15-27-65-35-77)54(80)72-51(39(5)6)59(85)74-63(33-43(63)41-19-11-9-12-20-41)61(87)76-30-18-26-50(76)58(84)71-49(32-38(3)4)57(83)69-47(25-16-28-66-36-78)55(81)73-52(40(7)8)60(86)75-64(62(88)89)34-44(64)42-21-13-10-14-22-42/h9-14,19-22,35-40,43-52,67H,15-18,23-34H2,1-8H3,(H,65,77)(H,66,78)(H,68,82)(H,69,83)(H,70,79)(H,71,84)(H,72,80)(H,73,81)(H,74,85)(H,75,86)(H,88,89)/t43-,44-,45+,46-,47-,48-,49-,50+,51-,52-,63-,64-/m0/s1. The van der Waals surface area contributed by atoms with Crippen LogP contribution in [0.1, 0.15) is 155 Å². The highest BCUT2D eigenvalue weighted by Gasteiger charge is 2.65. The normalized spacial score (nSPS) is 22.9. The minimum absolute atomic E-state index is 0.0133. The number of hydrogen-bond acceptors (Lipinski definition) is 13. The lowest BCUT2D eigenvalue weighted by Gasteiger charge is -2.33. The quantitative estimate of drug-likeness (QED) is 0.0338. The molecule has 4 aliphatic rings. The number of amides is 11. The molecule has 488 valence electrons. The lowest BCUT2D eigenvalue weighted by Crippen LogP contribution is -2.62. The lowest BCUT2D eigenvalue weighted by molar-refractivity contribution is -0.144. The molecule has 2 aromatic carbocycles. The molecule has 25 nitrogen and oxygen atoms in total. The molecule has 2 saturated heterocycles. The highest BCUT2D eigenvalue weighted by atomic mass is 16.4. The van der Waals surface area contributed by atoms with Gasteiger partial charge in [-0.15, -0.1) is 0 Å². The first-order chi connectivity index (χ1) is 42.4. The molecule has 4 fully saturated rings. The number of hydrogen-bond donors (Lipinski definition) is 12. The van der Waals surface area contributed by atoms with E-state index in [4.69, 9.17) is 0 Å². The van der Waals surface area contributed by atoms with E-state index in [-0.39, 0.29) is 95.2 Å². The summed E-state index contributed by atoms with van der Waals surface area (Å²) in [4.78, 5) is 166. The van der Waals surface area contributed by atoms with E-state index in [9.17, 15) is 57.8 Å². The molecule has 25 heteroatoms. The Morgan fingerprint density at radius 1 is 0.551 bits per heavy atom. The molecule has 2 aromatic rings.